The number of unbranched alkanes of at least 4 members (excludes halogenated alkanes) is 1. The molecule has 0 fully saturated rings. The minimum Gasteiger partial charge on any atom is -0.496 e. The van der Waals surface area contributed by atoms with Gasteiger partial charge in [-0.3, -0.25) is 9.59 Å². The highest BCUT2D eigenvalue weighted by Crippen LogP contribution is 2.30. The van der Waals surface area contributed by atoms with E-state index in [4.69, 9.17) is 4.74 Å². The van der Waals surface area contributed by atoms with Gasteiger partial charge in [0.05, 0.1) is 7.11 Å². The molecule has 0 saturated heterocycles. The van der Waals surface area contributed by atoms with Crippen molar-refractivity contribution in [2.24, 2.45) is 0 Å². The number of carbonyl (C=O) groups is 2. The van der Waals surface area contributed by atoms with Crippen LogP contribution in [-0.2, 0) is 6.42 Å². The summed E-state index contributed by atoms with van der Waals surface area (Å²) in [4.78, 5) is 24.1. The summed E-state index contributed by atoms with van der Waals surface area (Å²) in [6, 6.07) is 21.7. The molecule has 0 heterocycles. The number of aryl methyl sites for hydroxylation is 1. The van der Waals surface area contributed by atoms with E-state index < -0.39 is 0 Å². The lowest BCUT2D eigenvalue weighted by atomic mass is 9.96. The summed E-state index contributed by atoms with van der Waals surface area (Å²) in [5.74, 6) is 0.817. The molecule has 0 bridgehead atoms. The molecule has 0 aromatic heterocycles. The molecule has 148 valence electrons. The zero-order valence-electron chi connectivity index (χ0n) is 17.0. The number of Topliss-reactive ketones (excluding diaryl/α,β-unsaturated/α-hetero) is 1. The average molecular weight is 386 g/mol. The monoisotopic (exact) mass is 386 g/mol. The van der Waals surface area contributed by atoms with E-state index in [9.17, 15) is 9.59 Å². The number of ketones is 1. The van der Waals surface area contributed by atoms with Crippen molar-refractivity contribution in [3.8, 4) is 16.9 Å². The summed E-state index contributed by atoms with van der Waals surface area (Å²) in [7, 11) is 1.59. The second kappa shape index (κ2) is 9.83. The Bertz CT molecular complexity index is 990. The normalized spacial score (nSPS) is 10.6. The predicted molar refractivity (Wildman–Crippen MR) is 117 cm³/mol. The Labute approximate surface area is 172 Å². The van der Waals surface area contributed by atoms with Crippen LogP contribution in [0.2, 0.25) is 0 Å². The van der Waals surface area contributed by atoms with Gasteiger partial charge in [-0.1, -0.05) is 48.5 Å². The van der Waals surface area contributed by atoms with E-state index in [1.54, 1.807) is 7.11 Å². The first-order valence-electron chi connectivity index (χ1n) is 9.93. The van der Waals surface area contributed by atoms with Gasteiger partial charge in [-0.25, -0.2) is 0 Å². The molecule has 0 unspecified atom stereocenters. The van der Waals surface area contributed by atoms with Crippen LogP contribution < -0.4 is 4.74 Å². The fourth-order valence-electron chi connectivity index (χ4n) is 3.49. The lowest BCUT2D eigenvalue weighted by Gasteiger charge is -2.11. The summed E-state index contributed by atoms with van der Waals surface area (Å²) in [5.41, 5.74) is 5.19. The highest BCUT2D eigenvalue weighted by Gasteiger charge is 2.11. The van der Waals surface area contributed by atoms with Crippen LogP contribution in [0.4, 0.5) is 0 Å². The van der Waals surface area contributed by atoms with Crippen LogP contribution in [0.15, 0.2) is 66.7 Å². The first kappa shape index (κ1) is 20.5. The molecule has 0 aliphatic heterocycles. The third kappa shape index (κ3) is 5.20. The lowest BCUT2D eigenvalue weighted by molar-refractivity contribution is 0.0979. The van der Waals surface area contributed by atoms with Gasteiger partial charge >= 0.3 is 0 Å². The molecule has 0 saturated carbocycles. The van der Waals surface area contributed by atoms with Gasteiger partial charge in [-0.05, 0) is 61.1 Å². The van der Waals surface area contributed by atoms with Crippen LogP contribution in [0.5, 0.6) is 5.75 Å². The summed E-state index contributed by atoms with van der Waals surface area (Å²) in [6.45, 7) is 1.86. The highest BCUT2D eigenvalue weighted by molar-refractivity contribution is 5.97. The van der Waals surface area contributed by atoms with Crippen molar-refractivity contribution in [3.05, 3.63) is 89.0 Å². The Morgan fingerprint density at radius 3 is 2.45 bits per heavy atom. The number of benzene rings is 3. The fraction of sp³-hybridized carbons (Fsp3) is 0.231. The first-order chi connectivity index (χ1) is 14.1. The Kier molecular flexibility index (Phi) is 6.96. The van der Waals surface area contributed by atoms with E-state index in [-0.39, 0.29) is 5.78 Å². The van der Waals surface area contributed by atoms with Crippen LogP contribution in [-0.4, -0.2) is 19.2 Å². The van der Waals surface area contributed by atoms with Gasteiger partial charge in [0.15, 0.2) is 5.78 Å². The SMILES string of the molecule is COc1cc(-c2cccc(C(=O)CCCCc3ccccc3)c2)cc(C=O)c1C. The molecule has 0 N–H and O–H groups in total. The van der Waals surface area contributed by atoms with Gasteiger partial charge in [-0.15, -0.1) is 0 Å². The summed E-state index contributed by atoms with van der Waals surface area (Å²) in [6.07, 6.45) is 4.22. The molecule has 0 aliphatic rings. The Balaban J connectivity index is 1.69. The van der Waals surface area contributed by atoms with Crippen LogP contribution in [0.1, 0.15) is 51.1 Å². The van der Waals surface area contributed by atoms with Gasteiger partial charge in [-0.2, -0.15) is 0 Å². The lowest BCUT2D eigenvalue weighted by Crippen LogP contribution is -2.00. The van der Waals surface area contributed by atoms with E-state index >= 15 is 0 Å². The number of ether oxygens (including phenoxy) is 1. The molecule has 3 heteroatoms. The van der Waals surface area contributed by atoms with E-state index in [0.29, 0.717) is 23.3 Å². The van der Waals surface area contributed by atoms with Gasteiger partial charge in [0.1, 0.15) is 12.0 Å². The van der Waals surface area contributed by atoms with Crippen LogP contribution >= 0.6 is 0 Å². The minimum atomic E-state index is 0.148. The largest absolute Gasteiger partial charge is 0.496 e. The Morgan fingerprint density at radius 2 is 1.72 bits per heavy atom. The maximum Gasteiger partial charge on any atom is 0.162 e. The second-order valence-corrected chi connectivity index (χ2v) is 7.21. The van der Waals surface area contributed by atoms with Gasteiger partial charge in [0, 0.05) is 23.1 Å². The van der Waals surface area contributed by atoms with Crippen molar-refractivity contribution in [1.82, 2.24) is 0 Å². The van der Waals surface area contributed by atoms with Crippen molar-refractivity contribution in [2.45, 2.75) is 32.6 Å². The van der Waals surface area contributed by atoms with Crippen LogP contribution in [0.25, 0.3) is 11.1 Å². The summed E-state index contributed by atoms with van der Waals surface area (Å²) < 4.78 is 5.40. The van der Waals surface area contributed by atoms with Crippen molar-refractivity contribution < 1.29 is 14.3 Å². The maximum atomic E-state index is 12.7. The third-order valence-corrected chi connectivity index (χ3v) is 5.23. The topological polar surface area (TPSA) is 43.4 Å². The molecule has 29 heavy (non-hydrogen) atoms. The van der Waals surface area contributed by atoms with E-state index in [0.717, 1.165) is 42.2 Å². The van der Waals surface area contributed by atoms with Gasteiger partial charge < -0.3 is 4.74 Å². The number of hydrogen-bond donors (Lipinski definition) is 0. The molecule has 3 rings (SSSR count). The zero-order valence-corrected chi connectivity index (χ0v) is 17.0. The number of carbonyl (C=O) groups excluding carboxylic acids is 2. The molecule has 0 aliphatic carbocycles. The molecule has 3 nitrogen and oxygen atoms in total. The number of aldehydes is 1. The van der Waals surface area contributed by atoms with Gasteiger partial charge in [0.25, 0.3) is 0 Å². The summed E-state index contributed by atoms with van der Waals surface area (Å²) in [5, 5.41) is 0. The molecule has 3 aromatic carbocycles. The number of rotatable bonds is 9. The molecule has 0 spiro atoms. The van der Waals surface area contributed by atoms with E-state index in [2.05, 4.69) is 12.1 Å². The van der Waals surface area contributed by atoms with E-state index in [1.807, 2.05) is 61.5 Å². The van der Waals surface area contributed by atoms with Crippen LogP contribution in [0.3, 0.4) is 0 Å². The first-order valence-corrected chi connectivity index (χ1v) is 9.93. The quantitative estimate of drug-likeness (QED) is 0.254. The van der Waals surface area contributed by atoms with Crippen molar-refractivity contribution in [3.63, 3.8) is 0 Å². The third-order valence-electron chi connectivity index (χ3n) is 5.23. The molecular formula is C26H26O3. The number of methoxy groups -OCH3 is 1. The molecule has 0 amide bonds. The predicted octanol–water partition coefficient (Wildman–Crippen LogP) is 6.08. The van der Waals surface area contributed by atoms with E-state index in [1.165, 1.54) is 5.56 Å². The Hall–Kier alpha value is -3.20. The molecular weight excluding hydrogens is 360 g/mol. The average Bonchev–Trinajstić information content (AvgIpc) is 2.77. The van der Waals surface area contributed by atoms with Crippen molar-refractivity contribution in [2.75, 3.05) is 7.11 Å². The standard InChI is InChI=1S/C26H26O3/c1-19-24(18-27)16-23(17-26(19)29-2)21-12-8-13-22(15-21)25(28)14-7-6-11-20-9-4-3-5-10-20/h3-5,8-10,12-13,15-18H,6-7,11,14H2,1-2H3. The minimum absolute atomic E-state index is 0.148. The zero-order chi connectivity index (χ0) is 20.6. The van der Waals surface area contributed by atoms with Crippen LogP contribution in [0, 0.1) is 6.92 Å². The smallest absolute Gasteiger partial charge is 0.162 e. The van der Waals surface area contributed by atoms with Gasteiger partial charge in [0.2, 0.25) is 0 Å². The fourth-order valence-corrected chi connectivity index (χ4v) is 3.49. The number of hydrogen-bond acceptors (Lipinski definition) is 3. The highest BCUT2D eigenvalue weighted by atomic mass is 16.5. The molecule has 3 aromatic rings. The Morgan fingerprint density at radius 1 is 0.931 bits per heavy atom. The summed E-state index contributed by atoms with van der Waals surface area (Å²) >= 11 is 0. The molecule has 0 atom stereocenters. The second-order valence-electron chi connectivity index (χ2n) is 7.21. The molecule has 0 radical (unpaired) electrons. The van der Waals surface area contributed by atoms with Crippen molar-refractivity contribution >= 4 is 12.1 Å². The maximum absolute atomic E-state index is 12.7. The van der Waals surface area contributed by atoms with Crippen molar-refractivity contribution in [1.29, 1.82) is 0 Å².